The average Bonchev–Trinajstić information content (AvgIpc) is 2.61. The molecule has 1 amide bonds. The summed E-state index contributed by atoms with van der Waals surface area (Å²) in [7, 11) is 1.68. The van der Waals surface area contributed by atoms with Crippen molar-refractivity contribution in [3.8, 4) is 22.6 Å². The molecule has 2 aromatic carbocycles. The third-order valence-corrected chi connectivity index (χ3v) is 4.68. The van der Waals surface area contributed by atoms with Gasteiger partial charge < -0.3 is 15.1 Å². The van der Waals surface area contributed by atoms with E-state index in [0.717, 1.165) is 24.8 Å². The van der Waals surface area contributed by atoms with Crippen LogP contribution in [0.2, 0.25) is 0 Å². The molecule has 0 spiro atoms. The maximum atomic E-state index is 13.0. The summed E-state index contributed by atoms with van der Waals surface area (Å²) in [6.07, 6.45) is 5.25. The monoisotopic (exact) mass is 367 g/mol. The van der Waals surface area contributed by atoms with Crippen LogP contribution in [0.1, 0.15) is 47.7 Å². The molecule has 0 saturated carbocycles. The van der Waals surface area contributed by atoms with Crippen LogP contribution in [0.25, 0.3) is 11.1 Å². The Kier molecular flexibility index (Phi) is 7.05. The Bertz CT molecular complexity index is 827. The van der Waals surface area contributed by atoms with E-state index in [-0.39, 0.29) is 23.0 Å². The smallest absolute Gasteiger partial charge is 0.257 e. The van der Waals surface area contributed by atoms with Gasteiger partial charge in [0.2, 0.25) is 0 Å². The Morgan fingerprint density at radius 1 is 1.22 bits per heavy atom. The molecule has 144 valence electrons. The number of nitrogens with zero attached hydrogens (tertiary/aromatic N) is 1. The van der Waals surface area contributed by atoms with Crippen molar-refractivity contribution in [3.05, 3.63) is 59.7 Å². The Morgan fingerprint density at radius 2 is 1.96 bits per heavy atom. The van der Waals surface area contributed by atoms with E-state index < -0.39 is 0 Å². The van der Waals surface area contributed by atoms with Crippen LogP contribution in [0.5, 0.6) is 11.5 Å². The molecule has 2 rings (SSSR count). The zero-order valence-corrected chi connectivity index (χ0v) is 16.5. The standard InChI is InChI=1S/C23H29NO3/c1-5-7-8-11-18-15-19(25)20(17-12-9-10-16(3)14-17)22(26)21(18)23(27)24(4)13-6-2/h6,9-10,12,14-15,25-26H,2,5,7-8,11,13H2,1,3-4H3. The number of hydrogen-bond acceptors (Lipinski definition) is 3. The number of rotatable bonds is 8. The SMILES string of the molecule is C=CCN(C)C(=O)c1c(CCCCC)cc(O)c(-c2cccc(C)c2)c1O. The minimum Gasteiger partial charge on any atom is -0.507 e. The van der Waals surface area contributed by atoms with Crippen molar-refractivity contribution in [1.29, 1.82) is 0 Å². The molecule has 0 aliphatic heterocycles. The number of carbonyl (C=O) groups excluding carboxylic acids is 1. The van der Waals surface area contributed by atoms with Crippen LogP contribution in [0.4, 0.5) is 0 Å². The Labute approximate surface area is 161 Å². The highest BCUT2D eigenvalue weighted by Gasteiger charge is 2.25. The van der Waals surface area contributed by atoms with E-state index in [4.69, 9.17) is 0 Å². The molecule has 4 nitrogen and oxygen atoms in total. The molecule has 0 unspecified atom stereocenters. The van der Waals surface area contributed by atoms with Crippen LogP contribution < -0.4 is 0 Å². The van der Waals surface area contributed by atoms with Gasteiger partial charge in [0.05, 0.1) is 11.1 Å². The molecule has 0 heterocycles. The van der Waals surface area contributed by atoms with E-state index in [9.17, 15) is 15.0 Å². The van der Waals surface area contributed by atoms with E-state index in [1.165, 1.54) is 4.90 Å². The number of carbonyl (C=O) groups is 1. The van der Waals surface area contributed by atoms with Gasteiger partial charge in [-0.2, -0.15) is 0 Å². The highest BCUT2D eigenvalue weighted by Crippen LogP contribution is 2.42. The normalized spacial score (nSPS) is 10.6. The number of aromatic hydroxyl groups is 2. The van der Waals surface area contributed by atoms with Crippen molar-refractivity contribution in [2.24, 2.45) is 0 Å². The predicted octanol–water partition coefficient (Wildman–Crippen LogP) is 5.06. The second kappa shape index (κ2) is 9.26. The average molecular weight is 367 g/mol. The quantitative estimate of drug-likeness (QED) is 0.506. The zero-order chi connectivity index (χ0) is 20.0. The molecular weight excluding hydrogens is 338 g/mol. The minimum absolute atomic E-state index is 0.00692. The van der Waals surface area contributed by atoms with Gasteiger partial charge >= 0.3 is 0 Å². The van der Waals surface area contributed by atoms with E-state index in [0.29, 0.717) is 29.7 Å². The minimum atomic E-state index is -0.271. The van der Waals surface area contributed by atoms with Crippen molar-refractivity contribution in [3.63, 3.8) is 0 Å². The highest BCUT2D eigenvalue weighted by atomic mass is 16.3. The summed E-state index contributed by atoms with van der Waals surface area (Å²) < 4.78 is 0. The maximum absolute atomic E-state index is 13.0. The van der Waals surface area contributed by atoms with Gasteiger partial charge in [0.1, 0.15) is 11.5 Å². The van der Waals surface area contributed by atoms with Crippen molar-refractivity contribution < 1.29 is 15.0 Å². The molecule has 0 bridgehead atoms. The molecule has 2 N–H and O–H groups in total. The molecular formula is C23H29NO3. The summed E-state index contributed by atoms with van der Waals surface area (Å²) in [5.74, 6) is -0.437. The summed E-state index contributed by atoms with van der Waals surface area (Å²) in [5.41, 5.74) is 2.94. The zero-order valence-electron chi connectivity index (χ0n) is 16.5. The predicted molar refractivity (Wildman–Crippen MR) is 110 cm³/mol. The highest BCUT2D eigenvalue weighted by molar-refractivity contribution is 6.01. The third kappa shape index (κ3) is 4.70. The second-order valence-corrected chi connectivity index (χ2v) is 6.95. The number of likely N-dealkylation sites (N-methyl/N-ethyl adjacent to an activating group) is 1. The summed E-state index contributed by atoms with van der Waals surface area (Å²) in [6, 6.07) is 9.14. The largest absolute Gasteiger partial charge is 0.507 e. The fourth-order valence-electron chi connectivity index (χ4n) is 3.26. The number of unbranched alkanes of at least 4 members (excludes halogenated alkanes) is 2. The van der Waals surface area contributed by atoms with Gasteiger partial charge in [0, 0.05) is 13.6 Å². The van der Waals surface area contributed by atoms with E-state index in [1.807, 2.05) is 31.2 Å². The molecule has 0 fully saturated rings. The van der Waals surface area contributed by atoms with Gasteiger partial charge in [-0.15, -0.1) is 6.58 Å². The fourth-order valence-corrected chi connectivity index (χ4v) is 3.26. The first-order chi connectivity index (χ1) is 12.9. The van der Waals surface area contributed by atoms with Gasteiger partial charge in [-0.1, -0.05) is 55.7 Å². The lowest BCUT2D eigenvalue weighted by molar-refractivity contribution is 0.0806. The lowest BCUT2D eigenvalue weighted by Gasteiger charge is -2.21. The van der Waals surface area contributed by atoms with Gasteiger partial charge in [-0.25, -0.2) is 0 Å². The summed E-state index contributed by atoms with van der Waals surface area (Å²) in [4.78, 5) is 14.5. The molecule has 0 aromatic heterocycles. The third-order valence-electron chi connectivity index (χ3n) is 4.68. The van der Waals surface area contributed by atoms with Crippen LogP contribution in [0, 0.1) is 6.92 Å². The summed E-state index contributed by atoms with van der Waals surface area (Å²) in [6.45, 7) is 8.11. The van der Waals surface area contributed by atoms with Gasteiger partial charge in [-0.05, 0) is 37.0 Å². The molecule has 27 heavy (non-hydrogen) atoms. The maximum Gasteiger partial charge on any atom is 0.257 e. The first kappa shape index (κ1) is 20.6. The van der Waals surface area contributed by atoms with Crippen LogP contribution in [-0.2, 0) is 6.42 Å². The lowest BCUT2D eigenvalue weighted by Crippen LogP contribution is -2.28. The van der Waals surface area contributed by atoms with Gasteiger partial charge in [-0.3, -0.25) is 4.79 Å². The molecule has 2 aromatic rings. The Hall–Kier alpha value is -2.75. The fraction of sp³-hybridized carbons (Fsp3) is 0.348. The lowest BCUT2D eigenvalue weighted by atomic mass is 9.92. The number of phenols is 2. The Morgan fingerprint density at radius 3 is 2.59 bits per heavy atom. The van der Waals surface area contributed by atoms with Crippen LogP contribution in [0.15, 0.2) is 43.0 Å². The van der Waals surface area contributed by atoms with E-state index in [1.54, 1.807) is 19.2 Å². The summed E-state index contributed by atoms with van der Waals surface area (Å²) in [5, 5.41) is 21.6. The second-order valence-electron chi connectivity index (χ2n) is 6.95. The van der Waals surface area contributed by atoms with Crippen molar-refractivity contribution in [1.82, 2.24) is 4.90 Å². The summed E-state index contributed by atoms with van der Waals surface area (Å²) >= 11 is 0. The van der Waals surface area contributed by atoms with Crippen LogP contribution >= 0.6 is 0 Å². The molecule has 0 radical (unpaired) electrons. The number of phenolic OH excluding ortho intramolecular Hbond substituents is 2. The first-order valence-corrected chi connectivity index (χ1v) is 9.41. The van der Waals surface area contributed by atoms with Crippen molar-refractivity contribution >= 4 is 5.91 Å². The topological polar surface area (TPSA) is 60.8 Å². The van der Waals surface area contributed by atoms with Gasteiger partial charge in [0.25, 0.3) is 5.91 Å². The number of hydrogen-bond donors (Lipinski definition) is 2. The van der Waals surface area contributed by atoms with Gasteiger partial charge in [0.15, 0.2) is 0 Å². The molecule has 0 saturated heterocycles. The Balaban J connectivity index is 2.62. The van der Waals surface area contributed by atoms with Crippen molar-refractivity contribution in [2.45, 2.75) is 39.5 Å². The van der Waals surface area contributed by atoms with Crippen LogP contribution in [-0.4, -0.2) is 34.6 Å². The molecule has 4 heteroatoms. The molecule has 0 aliphatic carbocycles. The number of aryl methyl sites for hydroxylation is 2. The number of amides is 1. The van der Waals surface area contributed by atoms with Crippen molar-refractivity contribution in [2.75, 3.05) is 13.6 Å². The first-order valence-electron chi connectivity index (χ1n) is 9.41. The van der Waals surface area contributed by atoms with Crippen LogP contribution in [0.3, 0.4) is 0 Å². The molecule has 0 aliphatic rings. The number of benzene rings is 2. The molecule has 0 atom stereocenters. The van der Waals surface area contributed by atoms with E-state index >= 15 is 0 Å². The van der Waals surface area contributed by atoms with E-state index in [2.05, 4.69) is 13.5 Å².